The molecule has 0 spiro atoms. The molecule has 14 heteroatoms. The van der Waals surface area contributed by atoms with Crippen LogP contribution in [-0.2, 0) is 11.3 Å². The molecule has 0 unspecified atom stereocenters. The van der Waals surface area contributed by atoms with E-state index in [0.717, 1.165) is 5.56 Å². The number of hydrogen-bond acceptors (Lipinski definition) is 5. The van der Waals surface area contributed by atoms with Gasteiger partial charge in [0.05, 0.1) is 12.8 Å². The first-order valence-corrected chi connectivity index (χ1v) is 7.30. The molecular formula is C14H22Cl2F6N4O2. The number of amides is 1. The van der Waals surface area contributed by atoms with Crippen molar-refractivity contribution in [2.75, 3.05) is 13.1 Å². The van der Waals surface area contributed by atoms with E-state index in [0.29, 0.717) is 0 Å². The number of rotatable bonds is 7. The third-order valence-electron chi connectivity index (χ3n) is 2.49. The van der Waals surface area contributed by atoms with E-state index in [1.165, 1.54) is 0 Å². The molecule has 0 aliphatic carbocycles. The minimum Gasteiger partial charge on any atom is -0.444 e. The molecule has 0 aliphatic heterocycles. The fourth-order valence-electron chi connectivity index (χ4n) is 1.31. The molecule has 1 aromatic carbocycles. The van der Waals surface area contributed by atoms with Gasteiger partial charge in [-0.1, -0.05) is 30.3 Å². The van der Waals surface area contributed by atoms with Crippen LogP contribution in [-0.4, -0.2) is 31.5 Å². The van der Waals surface area contributed by atoms with Gasteiger partial charge in [-0.25, -0.2) is 10.2 Å². The second kappa shape index (κ2) is 16.5. The number of nitrogens with one attached hydrogen (secondary N) is 3. The molecular weight excluding hydrogens is 441 g/mol. The highest BCUT2D eigenvalue weighted by molar-refractivity contribution is 5.85. The van der Waals surface area contributed by atoms with Gasteiger partial charge in [0.15, 0.2) is 0 Å². The highest BCUT2D eigenvalue weighted by Gasteiger charge is 2.26. The summed E-state index contributed by atoms with van der Waals surface area (Å²) in [6.45, 7) is -0.555. The van der Waals surface area contributed by atoms with Crippen molar-refractivity contribution in [1.29, 1.82) is 0 Å². The Morgan fingerprint density at radius 3 is 1.86 bits per heavy atom. The van der Waals surface area contributed by atoms with Crippen molar-refractivity contribution >= 4 is 30.9 Å². The van der Waals surface area contributed by atoms with Crippen LogP contribution in [0.1, 0.15) is 18.4 Å². The van der Waals surface area contributed by atoms with Crippen molar-refractivity contribution in [2.24, 2.45) is 5.84 Å². The van der Waals surface area contributed by atoms with E-state index in [9.17, 15) is 31.1 Å². The van der Waals surface area contributed by atoms with Gasteiger partial charge in [-0.05, 0) is 5.56 Å². The summed E-state index contributed by atoms with van der Waals surface area (Å²) < 4.78 is 73.5. The van der Waals surface area contributed by atoms with E-state index in [2.05, 4.69) is 11.3 Å². The van der Waals surface area contributed by atoms with E-state index in [1.54, 1.807) is 24.3 Å². The van der Waals surface area contributed by atoms with Gasteiger partial charge < -0.3 is 4.74 Å². The number of alkyl halides is 6. The second-order valence-electron chi connectivity index (χ2n) is 4.80. The summed E-state index contributed by atoms with van der Waals surface area (Å²) in [5, 5.41) is 0. The molecule has 0 atom stereocenters. The minimum atomic E-state index is -4.25. The number of hydrazine groups is 2. The van der Waals surface area contributed by atoms with E-state index in [4.69, 9.17) is 4.74 Å². The smallest absolute Gasteiger partial charge is 0.421 e. The lowest BCUT2D eigenvalue weighted by molar-refractivity contribution is -0.134. The molecule has 0 fully saturated rings. The average molecular weight is 463 g/mol. The highest BCUT2D eigenvalue weighted by Crippen LogP contribution is 2.18. The van der Waals surface area contributed by atoms with E-state index < -0.39 is 37.8 Å². The number of halogens is 8. The van der Waals surface area contributed by atoms with E-state index in [1.807, 2.05) is 16.9 Å². The van der Waals surface area contributed by atoms with Gasteiger partial charge >= 0.3 is 18.4 Å². The Bertz CT molecular complexity index is 507. The first-order valence-electron chi connectivity index (χ1n) is 7.30. The van der Waals surface area contributed by atoms with Crippen LogP contribution in [0.2, 0.25) is 0 Å². The summed E-state index contributed by atoms with van der Waals surface area (Å²) in [7, 11) is 0. The van der Waals surface area contributed by atoms with Gasteiger partial charge in [-0.3, -0.25) is 16.7 Å². The Labute approximate surface area is 170 Å². The van der Waals surface area contributed by atoms with Crippen molar-refractivity contribution in [3.8, 4) is 0 Å². The maximum absolute atomic E-state index is 11.8. The van der Waals surface area contributed by atoms with Crippen molar-refractivity contribution in [1.82, 2.24) is 16.3 Å². The largest absolute Gasteiger partial charge is 0.444 e. The first kappa shape index (κ1) is 31.2. The van der Waals surface area contributed by atoms with Gasteiger partial charge in [0.2, 0.25) is 0 Å². The van der Waals surface area contributed by atoms with Crippen LogP contribution in [0, 0.1) is 0 Å². The summed E-state index contributed by atoms with van der Waals surface area (Å²) in [6.07, 6.45) is -11.1. The predicted octanol–water partition coefficient (Wildman–Crippen LogP) is 3.62. The van der Waals surface area contributed by atoms with Crippen LogP contribution in [0.4, 0.5) is 31.1 Å². The molecule has 0 saturated carbocycles. The highest BCUT2D eigenvalue weighted by atomic mass is 35.5. The van der Waals surface area contributed by atoms with Crippen molar-refractivity contribution in [3.05, 3.63) is 35.9 Å². The monoisotopic (exact) mass is 462 g/mol. The summed E-state index contributed by atoms with van der Waals surface area (Å²) >= 11 is 0. The molecule has 0 aliphatic rings. The van der Waals surface area contributed by atoms with E-state index >= 15 is 0 Å². The zero-order chi connectivity index (χ0) is 20.1. The average Bonchev–Trinajstić information content (AvgIpc) is 2.55. The molecule has 166 valence electrons. The maximum Gasteiger partial charge on any atom is 0.421 e. The third-order valence-corrected chi connectivity index (χ3v) is 2.49. The van der Waals surface area contributed by atoms with Gasteiger partial charge in [-0.2, -0.15) is 26.3 Å². The third kappa shape index (κ3) is 22.6. The summed E-state index contributed by atoms with van der Waals surface area (Å²) in [4.78, 5) is 11.1. The zero-order valence-corrected chi connectivity index (χ0v) is 16.0. The molecule has 0 radical (unpaired) electrons. The summed E-state index contributed by atoms with van der Waals surface area (Å²) in [6, 6.07) is 8.94. The molecule has 0 heterocycles. The summed E-state index contributed by atoms with van der Waals surface area (Å²) in [5.41, 5.74) is 6.85. The molecule has 1 rings (SSSR count). The molecule has 0 saturated heterocycles. The number of benzene rings is 1. The van der Waals surface area contributed by atoms with Gasteiger partial charge in [-0.15, -0.1) is 24.8 Å². The number of nitrogens with two attached hydrogens (primary N) is 1. The maximum atomic E-state index is 11.8. The SMILES string of the molecule is Cl.Cl.NNCCC(F)(F)F.O=C(NNCCC(F)(F)F)OCc1ccccc1. The lowest BCUT2D eigenvalue weighted by Gasteiger charge is -2.09. The normalized spacial score (nSPS) is 10.5. The molecule has 5 N–H and O–H groups in total. The Morgan fingerprint density at radius 2 is 1.43 bits per heavy atom. The number of carbonyl (C=O) groups excluding carboxylic acids is 1. The standard InChI is InChI=1S/C11H13F3N2O2.C3H7F3N2.2ClH/c12-11(13,14)6-7-15-16-10(17)18-8-9-4-2-1-3-5-9;4-3(5,6)1-2-8-7;;/h1-5,15H,6-8H2,(H,16,17);8H,1-2,7H2;2*1H. The van der Waals surface area contributed by atoms with Crippen LogP contribution in [0.15, 0.2) is 30.3 Å². The van der Waals surface area contributed by atoms with Gasteiger partial charge in [0.25, 0.3) is 0 Å². The fourth-order valence-corrected chi connectivity index (χ4v) is 1.31. The van der Waals surface area contributed by atoms with Gasteiger partial charge in [0.1, 0.15) is 6.61 Å². The quantitative estimate of drug-likeness (QED) is 0.215. The molecule has 6 nitrogen and oxygen atoms in total. The molecule has 0 bridgehead atoms. The van der Waals surface area contributed by atoms with Crippen molar-refractivity contribution in [3.63, 3.8) is 0 Å². The Hall–Kier alpha value is -1.47. The summed E-state index contributed by atoms with van der Waals surface area (Å²) in [5.74, 6) is 4.59. The predicted molar refractivity (Wildman–Crippen MR) is 95.8 cm³/mol. The number of carbonyl (C=O) groups is 1. The first-order chi connectivity index (χ1) is 12.0. The van der Waals surface area contributed by atoms with Crippen LogP contribution in [0.5, 0.6) is 0 Å². The van der Waals surface area contributed by atoms with Crippen LogP contribution in [0.3, 0.4) is 0 Å². The minimum absolute atomic E-state index is 0. The van der Waals surface area contributed by atoms with Crippen molar-refractivity contribution in [2.45, 2.75) is 31.8 Å². The van der Waals surface area contributed by atoms with Crippen LogP contribution >= 0.6 is 24.8 Å². The Morgan fingerprint density at radius 1 is 0.929 bits per heavy atom. The fraction of sp³-hybridized carbons (Fsp3) is 0.500. The molecule has 0 aromatic heterocycles. The Kier molecular flexibility index (Phi) is 18.4. The Balaban J connectivity index is -0.000000537. The second-order valence-corrected chi connectivity index (χ2v) is 4.80. The molecule has 1 amide bonds. The molecule has 28 heavy (non-hydrogen) atoms. The topological polar surface area (TPSA) is 88.4 Å². The zero-order valence-electron chi connectivity index (χ0n) is 14.4. The van der Waals surface area contributed by atoms with E-state index in [-0.39, 0.29) is 38.0 Å². The van der Waals surface area contributed by atoms with Gasteiger partial charge in [0, 0.05) is 13.1 Å². The molecule has 1 aromatic rings. The van der Waals surface area contributed by atoms with Crippen molar-refractivity contribution < 1.29 is 35.9 Å². The lowest BCUT2D eigenvalue weighted by atomic mass is 10.2. The number of hydrogen-bond donors (Lipinski definition) is 4. The van der Waals surface area contributed by atoms with Crippen LogP contribution in [0.25, 0.3) is 0 Å². The van der Waals surface area contributed by atoms with Crippen LogP contribution < -0.4 is 22.1 Å². The lowest BCUT2D eigenvalue weighted by Crippen LogP contribution is -2.39. The number of ether oxygens (including phenoxy) is 1.